The van der Waals surface area contributed by atoms with Crippen LogP contribution in [0.1, 0.15) is 40.0 Å². The summed E-state index contributed by atoms with van der Waals surface area (Å²) in [6.07, 6.45) is 8.26. The molecular weight excluding hydrogens is 212 g/mol. The molecule has 3 atom stereocenters. The van der Waals surface area contributed by atoms with Gasteiger partial charge in [-0.05, 0) is 29.6 Å². The highest BCUT2D eigenvalue weighted by Gasteiger charge is 2.53. The first kappa shape index (κ1) is 11.7. The van der Waals surface area contributed by atoms with Crippen LogP contribution in [0.25, 0.3) is 0 Å². The number of rotatable bonds is 1. The van der Waals surface area contributed by atoms with E-state index in [1.807, 2.05) is 0 Å². The van der Waals surface area contributed by atoms with E-state index in [0.717, 1.165) is 32.0 Å². The largest absolute Gasteiger partial charge is 0.348 e. The average molecular weight is 236 g/mol. The van der Waals surface area contributed by atoms with E-state index in [1.54, 1.807) is 0 Å². The zero-order valence-electron chi connectivity index (χ0n) is 11.2. The highest BCUT2D eigenvalue weighted by Crippen LogP contribution is 2.56. The van der Waals surface area contributed by atoms with Crippen molar-refractivity contribution in [3.05, 3.63) is 12.2 Å². The Balaban J connectivity index is 1.83. The molecule has 1 spiro atoms. The second-order valence-corrected chi connectivity index (χ2v) is 6.60. The summed E-state index contributed by atoms with van der Waals surface area (Å²) >= 11 is 0. The van der Waals surface area contributed by atoms with Crippen LogP contribution in [-0.4, -0.2) is 19.0 Å². The Hall–Kier alpha value is -0.340. The number of hydrogen-bond donors (Lipinski definition) is 0. The van der Waals surface area contributed by atoms with Gasteiger partial charge in [0.25, 0.3) is 0 Å². The van der Waals surface area contributed by atoms with Crippen LogP contribution < -0.4 is 0 Å². The van der Waals surface area contributed by atoms with Gasteiger partial charge in [-0.2, -0.15) is 0 Å². The molecule has 2 nitrogen and oxygen atoms in total. The van der Waals surface area contributed by atoms with Crippen LogP contribution in [0.2, 0.25) is 0 Å². The predicted octanol–water partition coefficient (Wildman–Crippen LogP) is 3.38. The quantitative estimate of drug-likeness (QED) is 0.650. The molecule has 0 bridgehead atoms. The summed E-state index contributed by atoms with van der Waals surface area (Å²) in [6.45, 7) is 8.64. The molecule has 0 amide bonds. The molecule has 0 aromatic heterocycles. The second kappa shape index (κ2) is 3.83. The Kier molecular flexibility index (Phi) is 2.64. The minimum atomic E-state index is -0.233. The van der Waals surface area contributed by atoms with Gasteiger partial charge in [-0.25, -0.2) is 0 Å². The van der Waals surface area contributed by atoms with E-state index in [1.165, 1.54) is 6.42 Å². The molecule has 96 valence electrons. The van der Waals surface area contributed by atoms with Gasteiger partial charge in [0, 0.05) is 12.8 Å². The molecule has 1 heterocycles. The topological polar surface area (TPSA) is 18.5 Å². The van der Waals surface area contributed by atoms with Gasteiger partial charge in [0.15, 0.2) is 5.79 Å². The lowest BCUT2D eigenvalue weighted by Crippen LogP contribution is -2.45. The lowest BCUT2D eigenvalue weighted by molar-refractivity contribution is -0.204. The summed E-state index contributed by atoms with van der Waals surface area (Å²) in [5.74, 6) is 1.89. The van der Waals surface area contributed by atoms with Crippen LogP contribution in [-0.2, 0) is 9.47 Å². The minimum Gasteiger partial charge on any atom is -0.348 e. The maximum absolute atomic E-state index is 5.91. The Bertz CT molecular complexity index is 328. The molecule has 0 unspecified atom stereocenters. The van der Waals surface area contributed by atoms with Gasteiger partial charge in [-0.15, -0.1) is 0 Å². The van der Waals surface area contributed by atoms with Gasteiger partial charge >= 0.3 is 0 Å². The molecule has 2 heteroatoms. The highest BCUT2D eigenvalue weighted by molar-refractivity contribution is 5.17. The van der Waals surface area contributed by atoms with Crippen molar-refractivity contribution in [3.8, 4) is 0 Å². The Labute approximate surface area is 104 Å². The number of fused-ring (bicyclic) bond motifs is 1. The van der Waals surface area contributed by atoms with Gasteiger partial charge in [0.2, 0.25) is 0 Å². The van der Waals surface area contributed by atoms with E-state index in [9.17, 15) is 0 Å². The Morgan fingerprint density at radius 3 is 2.53 bits per heavy atom. The van der Waals surface area contributed by atoms with E-state index in [2.05, 4.69) is 32.9 Å². The molecule has 0 N–H and O–H groups in total. The molecule has 0 aromatic carbocycles. The standard InChI is InChI=1S/C15H24O2/c1-11(2)12-4-5-14(3)6-7-15(10-13(12)14)16-8-9-17-15/h4-5,11-13H,6-10H2,1-3H3/t12-,13+,14-/m0/s1. The summed E-state index contributed by atoms with van der Waals surface area (Å²) in [4.78, 5) is 0. The molecule has 0 radical (unpaired) electrons. The molecule has 1 saturated carbocycles. The molecule has 2 aliphatic carbocycles. The van der Waals surface area contributed by atoms with Crippen LogP contribution in [0.15, 0.2) is 12.2 Å². The maximum Gasteiger partial charge on any atom is 0.168 e. The first-order chi connectivity index (χ1) is 8.05. The maximum atomic E-state index is 5.91. The van der Waals surface area contributed by atoms with Crippen molar-refractivity contribution in [2.45, 2.75) is 45.8 Å². The fourth-order valence-corrected chi connectivity index (χ4v) is 4.01. The van der Waals surface area contributed by atoms with E-state index >= 15 is 0 Å². The first-order valence-electron chi connectivity index (χ1n) is 7.02. The predicted molar refractivity (Wildman–Crippen MR) is 67.6 cm³/mol. The fourth-order valence-electron chi connectivity index (χ4n) is 4.01. The van der Waals surface area contributed by atoms with Crippen LogP contribution in [0.5, 0.6) is 0 Å². The zero-order chi connectivity index (χ0) is 12.1. The van der Waals surface area contributed by atoms with Gasteiger partial charge in [0.05, 0.1) is 13.2 Å². The molecule has 1 aliphatic heterocycles. The van der Waals surface area contributed by atoms with Crippen molar-refractivity contribution in [1.29, 1.82) is 0 Å². The van der Waals surface area contributed by atoms with Crippen LogP contribution >= 0.6 is 0 Å². The molecule has 17 heavy (non-hydrogen) atoms. The molecule has 3 rings (SSSR count). The molecule has 1 saturated heterocycles. The van der Waals surface area contributed by atoms with Crippen molar-refractivity contribution >= 4 is 0 Å². The molecular formula is C15H24O2. The van der Waals surface area contributed by atoms with E-state index in [-0.39, 0.29) is 5.79 Å². The molecule has 3 aliphatic rings. The number of hydrogen-bond acceptors (Lipinski definition) is 2. The molecule has 2 fully saturated rings. The Morgan fingerprint density at radius 1 is 1.18 bits per heavy atom. The van der Waals surface area contributed by atoms with E-state index in [4.69, 9.17) is 9.47 Å². The molecule has 0 aromatic rings. The zero-order valence-corrected chi connectivity index (χ0v) is 11.2. The van der Waals surface area contributed by atoms with Crippen molar-refractivity contribution in [3.63, 3.8) is 0 Å². The van der Waals surface area contributed by atoms with Crippen molar-refractivity contribution in [1.82, 2.24) is 0 Å². The average Bonchev–Trinajstić information content (AvgIpc) is 2.85. The number of allylic oxidation sites excluding steroid dienone is 2. The lowest BCUT2D eigenvalue weighted by atomic mass is 9.63. The van der Waals surface area contributed by atoms with Gasteiger partial charge in [-0.3, -0.25) is 0 Å². The van der Waals surface area contributed by atoms with Crippen LogP contribution in [0.4, 0.5) is 0 Å². The first-order valence-corrected chi connectivity index (χ1v) is 7.02. The minimum absolute atomic E-state index is 0.233. The van der Waals surface area contributed by atoms with Gasteiger partial charge in [0.1, 0.15) is 0 Å². The summed E-state index contributed by atoms with van der Waals surface area (Å²) in [7, 11) is 0. The summed E-state index contributed by atoms with van der Waals surface area (Å²) in [5.41, 5.74) is 0.384. The van der Waals surface area contributed by atoms with Gasteiger partial charge in [-0.1, -0.05) is 32.9 Å². The fraction of sp³-hybridized carbons (Fsp3) is 0.867. The normalized spacial score (nSPS) is 43.5. The SMILES string of the molecule is CC(C)[C@@H]1C=C[C@@]2(C)CCC3(C[C@H]12)OCCO3. The third-order valence-electron chi connectivity index (χ3n) is 5.17. The third-order valence-corrected chi connectivity index (χ3v) is 5.17. The summed E-state index contributed by atoms with van der Waals surface area (Å²) in [6, 6.07) is 0. The van der Waals surface area contributed by atoms with Crippen molar-refractivity contribution in [2.24, 2.45) is 23.2 Å². The van der Waals surface area contributed by atoms with Crippen molar-refractivity contribution < 1.29 is 9.47 Å². The smallest absolute Gasteiger partial charge is 0.168 e. The summed E-state index contributed by atoms with van der Waals surface area (Å²) in [5, 5.41) is 0. The number of ether oxygens (including phenoxy) is 2. The van der Waals surface area contributed by atoms with Crippen LogP contribution in [0, 0.1) is 23.2 Å². The third kappa shape index (κ3) is 1.77. The highest BCUT2D eigenvalue weighted by atomic mass is 16.7. The second-order valence-electron chi connectivity index (χ2n) is 6.60. The van der Waals surface area contributed by atoms with E-state index in [0.29, 0.717) is 17.3 Å². The van der Waals surface area contributed by atoms with Crippen LogP contribution in [0.3, 0.4) is 0 Å². The Morgan fingerprint density at radius 2 is 1.88 bits per heavy atom. The lowest BCUT2D eigenvalue weighted by Gasteiger charge is -2.46. The van der Waals surface area contributed by atoms with Gasteiger partial charge < -0.3 is 9.47 Å². The van der Waals surface area contributed by atoms with Crippen molar-refractivity contribution in [2.75, 3.05) is 13.2 Å². The monoisotopic (exact) mass is 236 g/mol. The summed E-state index contributed by atoms with van der Waals surface area (Å²) < 4.78 is 11.8. The van der Waals surface area contributed by atoms with E-state index < -0.39 is 0 Å².